The summed E-state index contributed by atoms with van der Waals surface area (Å²) in [7, 11) is 1.92. The first-order chi connectivity index (χ1) is 12.6. The van der Waals surface area contributed by atoms with Crippen molar-refractivity contribution in [2.45, 2.75) is 68.1 Å². The maximum Gasteiger partial charge on any atom is 0.165 e. The first-order valence-corrected chi connectivity index (χ1v) is 10.3. The third-order valence-corrected chi connectivity index (χ3v) is 8.06. The molecule has 5 aliphatic rings. The van der Waals surface area contributed by atoms with Crippen LogP contribution in [0.15, 0.2) is 6.07 Å². The van der Waals surface area contributed by atoms with E-state index in [1.54, 1.807) is 0 Å². The van der Waals surface area contributed by atoms with Gasteiger partial charge in [0.25, 0.3) is 0 Å². The number of benzene rings is 1. The zero-order chi connectivity index (χ0) is 17.7. The normalized spacial score (nSPS) is 40.1. The van der Waals surface area contributed by atoms with E-state index in [9.17, 15) is 10.2 Å². The summed E-state index contributed by atoms with van der Waals surface area (Å²) in [5.74, 6) is 1.70. The summed E-state index contributed by atoms with van der Waals surface area (Å²) in [6.07, 6.45) is 7.29. The predicted molar refractivity (Wildman–Crippen MR) is 99.0 cm³/mol. The lowest BCUT2D eigenvalue weighted by Crippen LogP contribution is -2.75. The molecule has 26 heavy (non-hydrogen) atoms. The average Bonchev–Trinajstić information content (AvgIpc) is 3.36. The second-order valence-electron chi connectivity index (χ2n) is 9.18. The molecule has 5 heteroatoms. The summed E-state index contributed by atoms with van der Waals surface area (Å²) in [5, 5.41) is 26.1. The number of piperidine rings is 1. The quantitative estimate of drug-likeness (QED) is 0.776. The minimum atomic E-state index is -0.736. The van der Waals surface area contributed by atoms with Gasteiger partial charge in [0.2, 0.25) is 0 Å². The molecular weight excluding hydrogens is 328 g/mol. The van der Waals surface area contributed by atoms with Crippen molar-refractivity contribution in [3.05, 3.63) is 17.2 Å². The van der Waals surface area contributed by atoms with Gasteiger partial charge in [0.05, 0.1) is 11.0 Å². The molecule has 1 aromatic rings. The van der Waals surface area contributed by atoms with Gasteiger partial charge in [-0.05, 0) is 63.0 Å². The van der Waals surface area contributed by atoms with E-state index in [-0.39, 0.29) is 23.3 Å². The first-order valence-electron chi connectivity index (χ1n) is 10.3. The number of likely N-dealkylation sites (tertiary alicyclic amines) is 1. The number of anilines is 1. The van der Waals surface area contributed by atoms with Gasteiger partial charge in [-0.1, -0.05) is 0 Å². The smallest absolute Gasteiger partial charge is 0.165 e. The third kappa shape index (κ3) is 1.65. The second kappa shape index (κ2) is 4.87. The molecule has 0 unspecified atom stereocenters. The van der Waals surface area contributed by atoms with Crippen LogP contribution >= 0.6 is 0 Å². The first kappa shape index (κ1) is 15.6. The number of hydrogen-bond acceptors (Lipinski definition) is 5. The van der Waals surface area contributed by atoms with E-state index >= 15 is 0 Å². The van der Waals surface area contributed by atoms with Gasteiger partial charge in [0, 0.05) is 37.0 Å². The van der Waals surface area contributed by atoms with Gasteiger partial charge >= 0.3 is 0 Å². The monoisotopic (exact) mass is 356 g/mol. The zero-order valence-electron chi connectivity index (χ0n) is 15.4. The van der Waals surface area contributed by atoms with Crippen LogP contribution in [0.2, 0.25) is 0 Å². The van der Waals surface area contributed by atoms with Gasteiger partial charge in [-0.25, -0.2) is 0 Å². The van der Waals surface area contributed by atoms with Gasteiger partial charge in [0.1, 0.15) is 6.10 Å². The molecule has 140 valence electrons. The Bertz CT molecular complexity index is 792. The van der Waals surface area contributed by atoms with Gasteiger partial charge in [0.15, 0.2) is 11.5 Å². The molecule has 2 bridgehead atoms. The topological polar surface area (TPSA) is 65.0 Å². The lowest BCUT2D eigenvalue weighted by molar-refractivity contribution is -0.185. The number of aliphatic hydroxyl groups is 1. The third-order valence-electron chi connectivity index (χ3n) is 8.06. The molecule has 4 atom stereocenters. The van der Waals surface area contributed by atoms with E-state index in [4.69, 9.17) is 4.74 Å². The highest BCUT2D eigenvalue weighted by atomic mass is 16.5. The molecule has 1 spiro atoms. The largest absolute Gasteiger partial charge is 0.504 e. The minimum Gasteiger partial charge on any atom is -0.504 e. The van der Waals surface area contributed by atoms with Gasteiger partial charge < -0.3 is 20.3 Å². The highest BCUT2D eigenvalue weighted by Crippen LogP contribution is 2.66. The minimum absolute atomic E-state index is 0.00104. The van der Waals surface area contributed by atoms with Crippen LogP contribution in [0.1, 0.15) is 49.7 Å². The maximum atomic E-state index is 12.1. The number of nitrogens with zero attached hydrogens (tertiary/aromatic N) is 1. The summed E-state index contributed by atoms with van der Waals surface area (Å²) < 4.78 is 6.35. The van der Waals surface area contributed by atoms with Crippen LogP contribution in [0.4, 0.5) is 5.69 Å². The standard InChI is InChI=1S/C21H28N2O3/c1-22-14-10-15(24)19-18-13(14)9-16-21(25)6-2-3-17(26-19)20(18,21)7-8-23(16)11-12-4-5-12/h10,12,16-17,22,24-25H,2-9,11H2,1H3/t16-,17+,20-,21-/m1/s1. The van der Waals surface area contributed by atoms with Crippen LogP contribution in [-0.4, -0.2) is 53.0 Å². The molecule has 1 saturated heterocycles. The average molecular weight is 356 g/mol. The Morgan fingerprint density at radius 2 is 2.15 bits per heavy atom. The molecular formula is C21H28N2O3. The van der Waals surface area contributed by atoms with Crippen molar-refractivity contribution in [1.29, 1.82) is 0 Å². The van der Waals surface area contributed by atoms with Crippen LogP contribution in [0, 0.1) is 5.92 Å². The number of aromatic hydroxyl groups is 1. The molecule has 3 aliphatic carbocycles. The highest BCUT2D eigenvalue weighted by Gasteiger charge is 2.71. The fourth-order valence-electron chi connectivity index (χ4n) is 6.79. The van der Waals surface area contributed by atoms with E-state index in [0.717, 1.165) is 62.4 Å². The van der Waals surface area contributed by atoms with E-state index in [1.165, 1.54) is 18.4 Å². The Morgan fingerprint density at radius 3 is 2.92 bits per heavy atom. The molecule has 3 fully saturated rings. The summed E-state index contributed by atoms with van der Waals surface area (Å²) >= 11 is 0. The lowest BCUT2D eigenvalue weighted by atomic mass is 9.49. The predicted octanol–water partition coefficient (Wildman–Crippen LogP) is 2.39. The van der Waals surface area contributed by atoms with E-state index in [2.05, 4.69) is 10.2 Å². The summed E-state index contributed by atoms with van der Waals surface area (Å²) in [5.41, 5.74) is 2.30. The summed E-state index contributed by atoms with van der Waals surface area (Å²) in [6, 6.07) is 1.98. The molecule has 1 aromatic carbocycles. The van der Waals surface area contributed by atoms with Gasteiger partial charge in [-0.3, -0.25) is 4.90 Å². The number of rotatable bonds is 3. The summed E-state index contributed by atoms with van der Waals surface area (Å²) in [6.45, 7) is 2.16. The fourth-order valence-corrected chi connectivity index (χ4v) is 6.79. The van der Waals surface area contributed by atoms with Crippen molar-refractivity contribution >= 4 is 5.69 Å². The molecule has 3 N–H and O–H groups in total. The Labute approximate surface area is 154 Å². The molecule has 2 aliphatic heterocycles. The Balaban J connectivity index is 1.58. The number of hydrogen-bond donors (Lipinski definition) is 3. The second-order valence-corrected chi connectivity index (χ2v) is 9.18. The number of phenols is 1. The Morgan fingerprint density at radius 1 is 1.31 bits per heavy atom. The van der Waals surface area contributed by atoms with Crippen LogP contribution in [0.5, 0.6) is 11.5 Å². The maximum absolute atomic E-state index is 12.1. The molecule has 2 heterocycles. The Kier molecular flexibility index (Phi) is 2.92. The van der Waals surface area contributed by atoms with Crippen molar-refractivity contribution in [3.8, 4) is 11.5 Å². The molecule has 5 nitrogen and oxygen atoms in total. The molecule has 0 aromatic heterocycles. The SMILES string of the molecule is CNc1cc(O)c2c3c1C[C@H]1N(CC4CC4)CC[C@@]34[C@H](CCC[C@@]14O)O2. The van der Waals surface area contributed by atoms with Crippen molar-refractivity contribution < 1.29 is 14.9 Å². The van der Waals surface area contributed by atoms with Gasteiger partial charge in [-0.15, -0.1) is 0 Å². The fraction of sp³-hybridized carbons (Fsp3) is 0.714. The number of nitrogens with one attached hydrogen (secondary N) is 1. The number of ether oxygens (including phenoxy) is 1. The summed E-state index contributed by atoms with van der Waals surface area (Å²) in [4.78, 5) is 2.58. The lowest BCUT2D eigenvalue weighted by Gasteiger charge is -2.63. The van der Waals surface area contributed by atoms with Crippen LogP contribution in [0.3, 0.4) is 0 Å². The van der Waals surface area contributed by atoms with Crippen molar-refractivity contribution in [2.24, 2.45) is 5.92 Å². The molecule has 2 saturated carbocycles. The van der Waals surface area contributed by atoms with E-state index in [1.807, 2.05) is 13.1 Å². The van der Waals surface area contributed by atoms with Crippen molar-refractivity contribution in [1.82, 2.24) is 4.90 Å². The Hall–Kier alpha value is -1.46. The van der Waals surface area contributed by atoms with E-state index in [0.29, 0.717) is 5.75 Å². The van der Waals surface area contributed by atoms with Crippen LogP contribution in [-0.2, 0) is 11.8 Å². The number of phenolic OH excluding ortho intramolecular Hbond substituents is 1. The highest BCUT2D eigenvalue weighted by molar-refractivity contribution is 5.71. The van der Waals surface area contributed by atoms with Gasteiger partial charge in [-0.2, -0.15) is 0 Å². The van der Waals surface area contributed by atoms with Crippen molar-refractivity contribution in [2.75, 3.05) is 25.5 Å². The zero-order valence-corrected chi connectivity index (χ0v) is 15.4. The molecule has 0 radical (unpaired) electrons. The van der Waals surface area contributed by atoms with E-state index < -0.39 is 5.60 Å². The molecule has 0 amide bonds. The van der Waals surface area contributed by atoms with Crippen molar-refractivity contribution in [3.63, 3.8) is 0 Å². The van der Waals surface area contributed by atoms with Crippen LogP contribution in [0.25, 0.3) is 0 Å². The molecule has 6 rings (SSSR count). The van der Waals surface area contributed by atoms with Crippen LogP contribution < -0.4 is 10.1 Å².